The number of amides is 1. The lowest BCUT2D eigenvalue weighted by molar-refractivity contribution is -0.117. The molecule has 0 fully saturated rings. The number of hydrogen-bond donors (Lipinski definition) is 0. The highest BCUT2D eigenvalue weighted by atomic mass is 32.2. The Morgan fingerprint density at radius 3 is 2.35 bits per heavy atom. The van der Waals surface area contributed by atoms with Gasteiger partial charge in [0, 0.05) is 12.7 Å². The zero-order valence-corrected chi connectivity index (χ0v) is 17.8. The van der Waals surface area contributed by atoms with Gasteiger partial charge in [-0.25, -0.2) is 9.37 Å². The summed E-state index contributed by atoms with van der Waals surface area (Å²) in [6.07, 6.45) is 0. The van der Waals surface area contributed by atoms with Crippen molar-refractivity contribution in [1.82, 2.24) is 9.55 Å². The molecule has 156 valence electrons. The van der Waals surface area contributed by atoms with E-state index in [1.165, 1.54) is 40.6 Å². The smallest absolute Gasteiger partial charge is 0.266 e. The molecule has 0 spiro atoms. The number of fused-ring (bicyclic) bond motifs is 1. The minimum Gasteiger partial charge on any atom is -0.315 e. The van der Waals surface area contributed by atoms with Gasteiger partial charge in [0.05, 0.1) is 21.8 Å². The average molecular weight is 434 g/mol. The fourth-order valence-corrected chi connectivity index (χ4v) is 4.29. The molecule has 0 aliphatic carbocycles. The molecule has 4 rings (SSSR count). The third-order valence-electron chi connectivity index (χ3n) is 4.93. The second-order valence-electron chi connectivity index (χ2n) is 7.02. The Morgan fingerprint density at radius 2 is 1.65 bits per heavy atom. The summed E-state index contributed by atoms with van der Waals surface area (Å²) in [6.45, 7) is 1.78. The van der Waals surface area contributed by atoms with Crippen LogP contribution in [0.1, 0.15) is 6.92 Å². The summed E-state index contributed by atoms with van der Waals surface area (Å²) in [4.78, 5) is 32.5. The molecule has 7 heteroatoms. The van der Waals surface area contributed by atoms with Crippen LogP contribution in [0, 0.1) is 5.82 Å². The van der Waals surface area contributed by atoms with Crippen LogP contribution < -0.4 is 10.5 Å². The van der Waals surface area contributed by atoms with Gasteiger partial charge < -0.3 is 4.90 Å². The Balaban J connectivity index is 1.75. The summed E-state index contributed by atoms with van der Waals surface area (Å²) in [5.74, 6) is -0.517. The second kappa shape index (κ2) is 8.73. The number of anilines is 1. The van der Waals surface area contributed by atoms with E-state index in [4.69, 9.17) is 0 Å². The number of carbonyl (C=O) groups excluding carboxylic acids is 1. The molecule has 1 atom stereocenters. The monoisotopic (exact) mass is 433 g/mol. The molecule has 1 aromatic heterocycles. The van der Waals surface area contributed by atoms with Crippen LogP contribution in [0.5, 0.6) is 0 Å². The first-order chi connectivity index (χ1) is 15.0. The van der Waals surface area contributed by atoms with E-state index in [1.807, 2.05) is 36.4 Å². The highest BCUT2D eigenvalue weighted by molar-refractivity contribution is 8.00. The largest absolute Gasteiger partial charge is 0.315 e. The maximum Gasteiger partial charge on any atom is 0.266 e. The van der Waals surface area contributed by atoms with Crippen molar-refractivity contribution in [2.75, 3.05) is 11.9 Å². The molecule has 0 aliphatic heterocycles. The summed E-state index contributed by atoms with van der Waals surface area (Å²) in [6, 6.07) is 22.0. The first-order valence-electron chi connectivity index (χ1n) is 9.72. The summed E-state index contributed by atoms with van der Waals surface area (Å²) in [7, 11) is 1.72. The van der Waals surface area contributed by atoms with Gasteiger partial charge in [0.1, 0.15) is 5.82 Å². The quantitative estimate of drug-likeness (QED) is 0.339. The highest BCUT2D eigenvalue weighted by Gasteiger charge is 2.23. The first-order valence-corrected chi connectivity index (χ1v) is 10.6. The van der Waals surface area contributed by atoms with Gasteiger partial charge in [0.25, 0.3) is 5.56 Å². The van der Waals surface area contributed by atoms with E-state index in [-0.39, 0.29) is 11.5 Å². The molecule has 0 unspecified atom stereocenters. The number of benzene rings is 3. The lowest BCUT2D eigenvalue weighted by Crippen LogP contribution is -2.33. The Bertz CT molecular complexity index is 1290. The van der Waals surface area contributed by atoms with Gasteiger partial charge in [-0.3, -0.25) is 14.2 Å². The lowest BCUT2D eigenvalue weighted by Gasteiger charge is -2.22. The molecule has 1 amide bonds. The van der Waals surface area contributed by atoms with E-state index in [1.54, 1.807) is 37.1 Å². The molecule has 0 aliphatic rings. The number of para-hydroxylation sites is 2. The minimum atomic E-state index is -0.509. The zero-order valence-electron chi connectivity index (χ0n) is 17.0. The van der Waals surface area contributed by atoms with Gasteiger partial charge >= 0.3 is 0 Å². The topological polar surface area (TPSA) is 55.2 Å². The maximum atomic E-state index is 13.5. The molecule has 0 bridgehead atoms. The summed E-state index contributed by atoms with van der Waals surface area (Å²) in [5, 5.41) is 0.319. The van der Waals surface area contributed by atoms with Gasteiger partial charge in [-0.05, 0) is 55.5 Å². The number of hydrogen-bond acceptors (Lipinski definition) is 4. The van der Waals surface area contributed by atoms with Crippen molar-refractivity contribution in [1.29, 1.82) is 0 Å². The van der Waals surface area contributed by atoms with E-state index in [0.29, 0.717) is 21.7 Å². The molecular formula is C24H20FN3O2S. The molecule has 4 aromatic rings. The van der Waals surface area contributed by atoms with E-state index in [9.17, 15) is 14.0 Å². The number of halogens is 1. The third kappa shape index (κ3) is 4.22. The normalized spacial score (nSPS) is 12.0. The summed E-state index contributed by atoms with van der Waals surface area (Å²) in [5.41, 5.74) is 1.55. The predicted molar refractivity (Wildman–Crippen MR) is 122 cm³/mol. The van der Waals surface area contributed by atoms with Gasteiger partial charge in [0.15, 0.2) is 5.16 Å². The average Bonchev–Trinajstić information content (AvgIpc) is 2.80. The van der Waals surface area contributed by atoms with Crippen molar-refractivity contribution in [3.05, 3.63) is 95.0 Å². The second-order valence-corrected chi connectivity index (χ2v) is 8.33. The Hall–Kier alpha value is -3.45. The van der Waals surface area contributed by atoms with E-state index in [2.05, 4.69) is 4.98 Å². The molecule has 5 nitrogen and oxygen atoms in total. The number of nitrogens with zero attached hydrogens (tertiary/aromatic N) is 3. The van der Waals surface area contributed by atoms with Gasteiger partial charge in [-0.1, -0.05) is 42.1 Å². The van der Waals surface area contributed by atoms with Crippen LogP contribution in [0.4, 0.5) is 10.1 Å². The zero-order chi connectivity index (χ0) is 22.0. The standard InChI is InChI=1S/C24H20FN3O2S/c1-16(22(29)27(2)18-8-4-3-5-9-18)31-24-26-21-11-7-6-10-20(21)23(30)28(24)19-14-12-17(25)13-15-19/h3-16H,1-2H3/t16-/m1/s1. The Kier molecular flexibility index (Phi) is 5.86. The number of thioether (sulfide) groups is 1. The van der Waals surface area contributed by atoms with Crippen LogP contribution in [-0.2, 0) is 4.79 Å². The number of aromatic nitrogens is 2. The number of rotatable bonds is 5. The van der Waals surface area contributed by atoms with Gasteiger partial charge in [-0.15, -0.1) is 0 Å². The SMILES string of the molecule is C[C@@H](Sc1nc2ccccc2c(=O)n1-c1ccc(F)cc1)C(=O)N(C)c1ccccc1. The maximum absolute atomic E-state index is 13.5. The van der Waals surface area contributed by atoms with E-state index >= 15 is 0 Å². The van der Waals surface area contributed by atoms with Crippen molar-refractivity contribution < 1.29 is 9.18 Å². The molecule has 0 radical (unpaired) electrons. The summed E-state index contributed by atoms with van der Waals surface area (Å²) >= 11 is 1.20. The van der Waals surface area contributed by atoms with Crippen LogP contribution in [-0.4, -0.2) is 27.8 Å². The molecule has 3 aromatic carbocycles. The Labute approximate surface area is 183 Å². The highest BCUT2D eigenvalue weighted by Crippen LogP contribution is 2.27. The fourth-order valence-electron chi connectivity index (χ4n) is 3.27. The predicted octanol–water partition coefficient (Wildman–Crippen LogP) is 4.67. The lowest BCUT2D eigenvalue weighted by atomic mass is 10.2. The van der Waals surface area contributed by atoms with Crippen LogP contribution in [0.2, 0.25) is 0 Å². The van der Waals surface area contributed by atoms with Crippen LogP contribution in [0.25, 0.3) is 16.6 Å². The molecule has 0 saturated heterocycles. The van der Waals surface area contributed by atoms with E-state index in [0.717, 1.165) is 5.69 Å². The van der Waals surface area contributed by atoms with Crippen molar-refractivity contribution in [3.8, 4) is 5.69 Å². The minimum absolute atomic E-state index is 0.121. The third-order valence-corrected chi connectivity index (χ3v) is 5.97. The van der Waals surface area contributed by atoms with Crippen molar-refractivity contribution >= 4 is 34.3 Å². The molecule has 0 saturated carbocycles. The Morgan fingerprint density at radius 1 is 1.00 bits per heavy atom. The van der Waals surface area contributed by atoms with Crippen LogP contribution in [0.15, 0.2) is 88.8 Å². The molecular weight excluding hydrogens is 413 g/mol. The molecule has 0 N–H and O–H groups in total. The van der Waals surface area contributed by atoms with Crippen molar-refractivity contribution in [3.63, 3.8) is 0 Å². The fraction of sp³-hybridized carbons (Fsp3) is 0.125. The molecule has 31 heavy (non-hydrogen) atoms. The molecule has 1 heterocycles. The van der Waals surface area contributed by atoms with Crippen molar-refractivity contribution in [2.24, 2.45) is 0 Å². The van der Waals surface area contributed by atoms with Crippen LogP contribution >= 0.6 is 11.8 Å². The van der Waals surface area contributed by atoms with E-state index < -0.39 is 11.1 Å². The van der Waals surface area contributed by atoms with Crippen LogP contribution in [0.3, 0.4) is 0 Å². The van der Waals surface area contributed by atoms with Gasteiger partial charge in [0.2, 0.25) is 5.91 Å². The number of carbonyl (C=O) groups is 1. The summed E-state index contributed by atoms with van der Waals surface area (Å²) < 4.78 is 14.9. The van der Waals surface area contributed by atoms with Gasteiger partial charge in [-0.2, -0.15) is 0 Å². The first kappa shape index (κ1) is 20.8. The van der Waals surface area contributed by atoms with Crippen molar-refractivity contribution in [2.45, 2.75) is 17.3 Å².